The van der Waals surface area contributed by atoms with Crippen molar-refractivity contribution in [2.45, 2.75) is 25.8 Å². The highest BCUT2D eigenvalue weighted by atomic mass is 16.2. The molecule has 0 bridgehead atoms. The average molecular weight is 404 g/mol. The number of benzene rings is 2. The summed E-state index contributed by atoms with van der Waals surface area (Å²) in [6, 6.07) is 18.2. The van der Waals surface area contributed by atoms with Gasteiger partial charge in [0.05, 0.1) is 5.52 Å². The second-order valence-electron chi connectivity index (χ2n) is 8.06. The number of aryl methyl sites for hydroxylation is 1. The standard InChI is InChI=1S/C24H29N5O/c1-4-17-5-8-19(9-6-17)25-24(30)26-20-10-11-22-18(15-20)7-12-23(27-22)29-14-13-21(16-29)28(2)3/h5-12,15,21H,4,13-14,16H2,1-3H3,(H2,25,26,30). The molecule has 156 valence electrons. The molecule has 1 aliphatic heterocycles. The van der Waals surface area contributed by atoms with E-state index in [0.717, 1.165) is 54.0 Å². The van der Waals surface area contributed by atoms with E-state index in [1.807, 2.05) is 42.5 Å². The second-order valence-corrected chi connectivity index (χ2v) is 8.06. The van der Waals surface area contributed by atoms with Crippen LogP contribution in [0.5, 0.6) is 0 Å². The molecular weight excluding hydrogens is 374 g/mol. The highest BCUT2D eigenvalue weighted by molar-refractivity contribution is 6.01. The smallest absolute Gasteiger partial charge is 0.323 e. The summed E-state index contributed by atoms with van der Waals surface area (Å²) in [6.07, 6.45) is 2.14. The van der Waals surface area contributed by atoms with E-state index in [4.69, 9.17) is 4.98 Å². The molecule has 1 unspecified atom stereocenters. The van der Waals surface area contributed by atoms with E-state index in [0.29, 0.717) is 6.04 Å². The van der Waals surface area contributed by atoms with Crippen molar-refractivity contribution in [2.75, 3.05) is 42.7 Å². The van der Waals surface area contributed by atoms with Gasteiger partial charge in [0.2, 0.25) is 0 Å². The third kappa shape index (κ3) is 4.54. The number of hydrogen-bond donors (Lipinski definition) is 2. The van der Waals surface area contributed by atoms with Crippen LogP contribution in [0.15, 0.2) is 54.6 Å². The van der Waals surface area contributed by atoms with E-state index in [9.17, 15) is 4.79 Å². The van der Waals surface area contributed by atoms with Crippen LogP contribution in [0.2, 0.25) is 0 Å². The van der Waals surface area contributed by atoms with Crippen LogP contribution in [0.1, 0.15) is 18.9 Å². The number of carbonyl (C=O) groups is 1. The van der Waals surface area contributed by atoms with Gasteiger partial charge in [0.15, 0.2) is 0 Å². The molecule has 1 aromatic heterocycles. The molecule has 1 aliphatic rings. The summed E-state index contributed by atoms with van der Waals surface area (Å²) < 4.78 is 0. The summed E-state index contributed by atoms with van der Waals surface area (Å²) in [5.74, 6) is 1.01. The van der Waals surface area contributed by atoms with Crippen LogP contribution in [0.3, 0.4) is 0 Å². The first-order chi connectivity index (χ1) is 14.5. The van der Waals surface area contributed by atoms with Crippen molar-refractivity contribution in [2.24, 2.45) is 0 Å². The lowest BCUT2D eigenvalue weighted by Crippen LogP contribution is -2.31. The van der Waals surface area contributed by atoms with E-state index < -0.39 is 0 Å². The molecule has 1 fully saturated rings. The van der Waals surface area contributed by atoms with E-state index in [2.05, 4.69) is 53.6 Å². The van der Waals surface area contributed by atoms with E-state index >= 15 is 0 Å². The molecule has 2 heterocycles. The minimum Gasteiger partial charge on any atom is -0.355 e. The first-order valence-corrected chi connectivity index (χ1v) is 10.5. The Morgan fingerprint density at radius 1 is 1.07 bits per heavy atom. The van der Waals surface area contributed by atoms with E-state index in [1.165, 1.54) is 5.56 Å². The Morgan fingerprint density at radius 2 is 1.80 bits per heavy atom. The predicted molar refractivity (Wildman–Crippen MR) is 125 cm³/mol. The Labute approximate surface area is 177 Å². The molecule has 0 radical (unpaired) electrons. The quantitative estimate of drug-likeness (QED) is 0.655. The molecule has 1 saturated heterocycles. The maximum Gasteiger partial charge on any atom is 0.323 e. The Balaban J connectivity index is 1.42. The molecule has 2 amide bonds. The van der Waals surface area contributed by atoms with Crippen LogP contribution in [0.25, 0.3) is 10.9 Å². The van der Waals surface area contributed by atoms with E-state index in [1.54, 1.807) is 0 Å². The number of nitrogens with one attached hydrogen (secondary N) is 2. The molecular formula is C24H29N5O. The van der Waals surface area contributed by atoms with Crippen LogP contribution in [-0.2, 0) is 6.42 Å². The fourth-order valence-electron chi connectivity index (χ4n) is 3.86. The van der Waals surface area contributed by atoms with Gasteiger partial charge in [0.1, 0.15) is 5.82 Å². The molecule has 1 atom stereocenters. The van der Waals surface area contributed by atoms with Crippen molar-refractivity contribution < 1.29 is 4.79 Å². The van der Waals surface area contributed by atoms with Gasteiger partial charge in [-0.3, -0.25) is 0 Å². The number of anilines is 3. The number of hydrogen-bond acceptors (Lipinski definition) is 4. The second kappa shape index (κ2) is 8.71. The number of pyridine rings is 1. The molecule has 0 saturated carbocycles. The number of aromatic nitrogens is 1. The molecule has 6 nitrogen and oxygen atoms in total. The van der Waals surface area contributed by atoms with Gasteiger partial charge in [-0.25, -0.2) is 9.78 Å². The highest BCUT2D eigenvalue weighted by Crippen LogP contribution is 2.25. The zero-order valence-electron chi connectivity index (χ0n) is 17.9. The van der Waals surface area contributed by atoms with Gasteiger partial charge in [-0.1, -0.05) is 19.1 Å². The first kappa shape index (κ1) is 20.2. The number of amides is 2. The van der Waals surface area contributed by atoms with Crippen molar-refractivity contribution in [1.29, 1.82) is 0 Å². The van der Waals surface area contributed by atoms with Crippen LogP contribution < -0.4 is 15.5 Å². The Bertz CT molecular complexity index is 1030. The summed E-state index contributed by atoms with van der Waals surface area (Å²) in [5.41, 5.74) is 3.70. The zero-order valence-corrected chi connectivity index (χ0v) is 17.9. The average Bonchev–Trinajstić information content (AvgIpc) is 3.24. The largest absolute Gasteiger partial charge is 0.355 e. The predicted octanol–water partition coefficient (Wildman–Crippen LogP) is 4.58. The Hall–Kier alpha value is -3.12. The van der Waals surface area contributed by atoms with Gasteiger partial charge in [0, 0.05) is 35.9 Å². The van der Waals surface area contributed by atoms with E-state index in [-0.39, 0.29) is 6.03 Å². The zero-order chi connectivity index (χ0) is 21.1. The normalized spacial score (nSPS) is 16.3. The molecule has 3 aromatic rings. The molecule has 0 spiro atoms. The van der Waals surface area contributed by atoms with Gasteiger partial charge in [-0.15, -0.1) is 0 Å². The monoisotopic (exact) mass is 403 g/mol. The van der Waals surface area contributed by atoms with Crippen LogP contribution in [0, 0.1) is 0 Å². The fraction of sp³-hybridized carbons (Fsp3) is 0.333. The number of urea groups is 1. The van der Waals surface area contributed by atoms with Crippen molar-refractivity contribution in [3.8, 4) is 0 Å². The summed E-state index contributed by atoms with van der Waals surface area (Å²) in [6.45, 7) is 4.14. The van der Waals surface area contributed by atoms with Crippen molar-refractivity contribution in [1.82, 2.24) is 9.88 Å². The topological polar surface area (TPSA) is 60.5 Å². The first-order valence-electron chi connectivity index (χ1n) is 10.5. The minimum absolute atomic E-state index is 0.255. The lowest BCUT2D eigenvalue weighted by molar-refractivity contribution is 0.262. The third-order valence-corrected chi connectivity index (χ3v) is 5.77. The van der Waals surface area contributed by atoms with Gasteiger partial charge < -0.3 is 20.4 Å². The molecule has 2 aromatic carbocycles. The SMILES string of the molecule is CCc1ccc(NC(=O)Nc2ccc3nc(N4CCC(N(C)C)C4)ccc3c2)cc1. The maximum absolute atomic E-state index is 12.3. The molecule has 6 heteroatoms. The summed E-state index contributed by atoms with van der Waals surface area (Å²) in [4.78, 5) is 21.8. The van der Waals surface area contributed by atoms with Crippen LogP contribution >= 0.6 is 0 Å². The van der Waals surface area contributed by atoms with Crippen molar-refractivity contribution in [3.05, 3.63) is 60.2 Å². The number of carbonyl (C=O) groups excluding carboxylic acids is 1. The Kier molecular flexibility index (Phi) is 5.86. The van der Waals surface area contributed by atoms with Crippen LogP contribution in [-0.4, -0.2) is 49.1 Å². The molecule has 0 aliphatic carbocycles. The van der Waals surface area contributed by atoms with Gasteiger partial charge >= 0.3 is 6.03 Å². The third-order valence-electron chi connectivity index (χ3n) is 5.77. The lowest BCUT2D eigenvalue weighted by atomic mass is 10.1. The number of fused-ring (bicyclic) bond motifs is 1. The maximum atomic E-state index is 12.3. The Morgan fingerprint density at radius 3 is 2.50 bits per heavy atom. The van der Waals surface area contributed by atoms with Gasteiger partial charge in [0.25, 0.3) is 0 Å². The number of nitrogens with zero attached hydrogens (tertiary/aromatic N) is 3. The number of likely N-dealkylation sites (N-methyl/N-ethyl adjacent to an activating group) is 1. The molecule has 2 N–H and O–H groups in total. The summed E-state index contributed by atoms with van der Waals surface area (Å²) in [7, 11) is 4.26. The van der Waals surface area contributed by atoms with Crippen LogP contribution in [0.4, 0.5) is 22.0 Å². The van der Waals surface area contributed by atoms with Gasteiger partial charge in [-0.2, -0.15) is 0 Å². The fourth-order valence-corrected chi connectivity index (χ4v) is 3.86. The summed E-state index contributed by atoms with van der Waals surface area (Å²) in [5, 5.41) is 6.78. The molecule has 30 heavy (non-hydrogen) atoms. The van der Waals surface area contributed by atoms with Gasteiger partial charge in [-0.05, 0) is 75.0 Å². The van der Waals surface area contributed by atoms with Crippen molar-refractivity contribution in [3.63, 3.8) is 0 Å². The molecule has 4 rings (SSSR count). The highest BCUT2D eigenvalue weighted by Gasteiger charge is 2.24. The minimum atomic E-state index is -0.255. The lowest BCUT2D eigenvalue weighted by Gasteiger charge is -2.21. The number of rotatable bonds is 5. The van der Waals surface area contributed by atoms with Crippen molar-refractivity contribution >= 4 is 34.1 Å². The summed E-state index contributed by atoms with van der Waals surface area (Å²) >= 11 is 0.